The van der Waals surface area contributed by atoms with E-state index in [1.54, 1.807) is 42.5 Å². The fourth-order valence-electron chi connectivity index (χ4n) is 7.47. The van der Waals surface area contributed by atoms with Crippen LogP contribution in [0.1, 0.15) is 40.4 Å². The van der Waals surface area contributed by atoms with Crippen LogP contribution in [0, 0.1) is 5.92 Å². The number of carbonyl (C=O) groups excluding carboxylic acids is 2. The zero-order valence-corrected chi connectivity index (χ0v) is 23.6. The topological polar surface area (TPSA) is 125 Å². The summed E-state index contributed by atoms with van der Waals surface area (Å²) in [5, 5.41) is 23.3. The van der Waals surface area contributed by atoms with E-state index in [4.69, 9.17) is 9.47 Å². The smallest absolute Gasteiger partial charge is 0.325 e. The van der Waals surface area contributed by atoms with Gasteiger partial charge in [-0.2, -0.15) is 0 Å². The zero-order valence-electron chi connectivity index (χ0n) is 23.6. The number of hydrogen-bond acceptors (Lipinski definition) is 7. The molecule has 0 bridgehead atoms. The van der Waals surface area contributed by atoms with Gasteiger partial charge < -0.3 is 25.0 Å². The summed E-state index contributed by atoms with van der Waals surface area (Å²) in [5.74, 6) is -3.50. The molecule has 44 heavy (non-hydrogen) atoms. The van der Waals surface area contributed by atoms with Crippen LogP contribution in [-0.4, -0.2) is 52.2 Å². The summed E-state index contributed by atoms with van der Waals surface area (Å²) in [6, 6.07) is 30.2. The van der Waals surface area contributed by atoms with Gasteiger partial charge >= 0.3 is 11.9 Å². The maximum Gasteiger partial charge on any atom is 0.325 e. The van der Waals surface area contributed by atoms with E-state index in [0.29, 0.717) is 22.6 Å². The van der Waals surface area contributed by atoms with E-state index in [2.05, 4.69) is 5.32 Å². The Balaban J connectivity index is 1.54. The van der Waals surface area contributed by atoms with Crippen molar-refractivity contribution in [2.45, 2.75) is 29.6 Å². The Morgan fingerprint density at radius 1 is 0.841 bits per heavy atom. The van der Waals surface area contributed by atoms with Gasteiger partial charge in [0.05, 0.1) is 18.7 Å². The first-order chi connectivity index (χ1) is 21.5. The van der Waals surface area contributed by atoms with Crippen molar-refractivity contribution in [1.29, 1.82) is 0 Å². The highest BCUT2D eigenvalue weighted by Crippen LogP contribution is 2.64. The van der Waals surface area contributed by atoms with Crippen LogP contribution in [0.25, 0.3) is 0 Å². The number of fused-ring (bicyclic) bond motifs is 3. The largest absolute Gasteiger partial charge is 0.491 e. The number of aliphatic carboxylic acids is 1. The highest BCUT2D eigenvalue weighted by atomic mass is 16.6. The van der Waals surface area contributed by atoms with Crippen LogP contribution in [0.4, 0.5) is 5.69 Å². The third kappa shape index (κ3) is 4.11. The van der Waals surface area contributed by atoms with Crippen molar-refractivity contribution >= 4 is 23.5 Å². The Morgan fingerprint density at radius 3 is 2.20 bits per heavy atom. The minimum absolute atomic E-state index is 0.0573. The number of carboxylic acids is 1. The van der Waals surface area contributed by atoms with E-state index >= 15 is 0 Å². The summed E-state index contributed by atoms with van der Waals surface area (Å²) in [5.41, 5.74) is 1.48. The average Bonchev–Trinajstić information content (AvgIpc) is 3.53. The number of nitrogens with zero attached hydrogens (tertiary/aromatic N) is 1. The lowest BCUT2D eigenvalue weighted by Crippen LogP contribution is -2.52. The summed E-state index contributed by atoms with van der Waals surface area (Å²) in [7, 11) is 0. The number of aliphatic hydroxyl groups excluding tert-OH is 1. The van der Waals surface area contributed by atoms with Crippen molar-refractivity contribution in [1.82, 2.24) is 4.90 Å². The lowest BCUT2D eigenvalue weighted by molar-refractivity contribution is -0.179. The number of amides is 1. The average molecular weight is 591 g/mol. The molecular formula is C35H30N2O7. The number of esters is 1. The number of morpholine rings is 1. The molecule has 0 aromatic heterocycles. The Morgan fingerprint density at radius 2 is 1.50 bits per heavy atom. The summed E-state index contributed by atoms with van der Waals surface area (Å²) in [6.07, 6.45) is -0.789. The van der Waals surface area contributed by atoms with Gasteiger partial charge in [-0.05, 0) is 40.5 Å². The molecule has 9 heteroatoms. The molecule has 2 saturated heterocycles. The van der Waals surface area contributed by atoms with Crippen molar-refractivity contribution < 1.29 is 34.1 Å². The van der Waals surface area contributed by atoms with Crippen LogP contribution in [0.2, 0.25) is 0 Å². The molecule has 3 heterocycles. The minimum Gasteiger partial charge on any atom is -0.491 e. The molecule has 4 aromatic rings. The number of para-hydroxylation sites is 1. The Labute approximate surface area is 253 Å². The second-order valence-corrected chi connectivity index (χ2v) is 11.2. The molecule has 4 aromatic carbocycles. The predicted octanol–water partition coefficient (Wildman–Crippen LogP) is 4.41. The summed E-state index contributed by atoms with van der Waals surface area (Å²) in [4.78, 5) is 43.9. The Bertz CT molecular complexity index is 1730. The number of aliphatic hydroxyl groups is 1. The number of hydrogen-bond donors (Lipinski definition) is 3. The first-order valence-corrected chi connectivity index (χ1v) is 14.5. The van der Waals surface area contributed by atoms with Crippen LogP contribution < -0.4 is 10.1 Å². The predicted molar refractivity (Wildman–Crippen MR) is 160 cm³/mol. The van der Waals surface area contributed by atoms with Crippen molar-refractivity contribution in [2.24, 2.45) is 5.92 Å². The first kappa shape index (κ1) is 27.8. The highest BCUT2D eigenvalue weighted by Gasteiger charge is 2.74. The van der Waals surface area contributed by atoms with Gasteiger partial charge in [-0.1, -0.05) is 91.0 Å². The molecule has 1 amide bonds. The van der Waals surface area contributed by atoms with Gasteiger partial charge in [0, 0.05) is 5.69 Å². The number of carbonyl (C=O) groups is 3. The Hall–Kier alpha value is -4.99. The van der Waals surface area contributed by atoms with Crippen molar-refractivity contribution in [2.75, 3.05) is 18.5 Å². The molecule has 0 aliphatic carbocycles. The molecule has 3 N–H and O–H groups in total. The summed E-state index contributed by atoms with van der Waals surface area (Å²) < 4.78 is 12.0. The van der Waals surface area contributed by atoms with Crippen LogP contribution in [0.5, 0.6) is 5.75 Å². The fourth-order valence-corrected chi connectivity index (χ4v) is 7.47. The third-order valence-electron chi connectivity index (χ3n) is 9.02. The molecule has 9 nitrogen and oxygen atoms in total. The highest BCUT2D eigenvalue weighted by molar-refractivity contribution is 6.11. The molecule has 0 saturated carbocycles. The SMILES string of the molecule is O=C1O[C@@H](c2ccccc2)[C@@H](c2ccccc2)N2[C@@H](c3cccc(OCCO)c3)[C@]3(C(=O)Nc4ccccc43)[C@@H](C(=O)O)[C@H]12. The lowest BCUT2D eigenvalue weighted by atomic mass is 9.65. The van der Waals surface area contributed by atoms with E-state index in [1.807, 2.05) is 71.6 Å². The first-order valence-electron chi connectivity index (χ1n) is 14.5. The quantitative estimate of drug-likeness (QED) is 0.270. The fraction of sp³-hybridized carbons (Fsp3) is 0.229. The van der Waals surface area contributed by atoms with E-state index in [9.17, 15) is 24.6 Å². The number of rotatable bonds is 7. The normalized spacial score (nSPS) is 27.3. The molecule has 0 unspecified atom stereocenters. The maximum atomic E-state index is 14.4. The number of cyclic esters (lactones) is 1. The number of carboxylic acid groups (broad SMARTS) is 1. The van der Waals surface area contributed by atoms with E-state index in [0.717, 1.165) is 11.1 Å². The van der Waals surface area contributed by atoms with Gasteiger partial charge in [-0.25, -0.2) is 0 Å². The Kier molecular flexibility index (Phi) is 6.91. The number of benzene rings is 4. The van der Waals surface area contributed by atoms with Crippen molar-refractivity contribution in [3.05, 3.63) is 131 Å². The summed E-state index contributed by atoms with van der Waals surface area (Å²) in [6.45, 7) is -0.134. The molecule has 3 aliphatic rings. The van der Waals surface area contributed by atoms with E-state index < -0.39 is 53.4 Å². The van der Waals surface area contributed by atoms with Gasteiger partial charge in [0.25, 0.3) is 0 Å². The molecule has 1 spiro atoms. The second-order valence-electron chi connectivity index (χ2n) is 11.2. The maximum absolute atomic E-state index is 14.4. The number of nitrogens with one attached hydrogen (secondary N) is 1. The number of anilines is 1. The lowest BCUT2D eigenvalue weighted by Gasteiger charge is -2.46. The molecule has 3 aliphatic heterocycles. The molecule has 2 fully saturated rings. The summed E-state index contributed by atoms with van der Waals surface area (Å²) >= 11 is 0. The van der Waals surface area contributed by atoms with Gasteiger partial charge in [0.1, 0.15) is 35.8 Å². The number of ether oxygens (including phenoxy) is 2. The van der Waals surface area contributed by atoms with E-state index in [-0.39, 0.29) is 13.2 Å². The molecule has 6 atom stereocenters. The molecular weight excluding hydrogens is 560 g/mol. The van der Waals surface area contributed by atoms with E-state index in [1.165, 1.54) is 0 Å². The third-order valence-corrected chi connectivity index (χ3v) is 9.02. The zero-order chi connectivity index (χ0) is 30.4. The van der Waals surface area contributed by atoms with Crippen LogP contribution in [-0.2, 0) is 24.5 Å². The van der Waals surface area contributed by atoms with Crippen LogP contribution >= 0.6 is 0 Å². The van der Waals surface area contributed by atoms with Crippen molar-refractivity contribution in [3.63, 3.8) is 0 Å². The minimum atomic E-state index is -1.69. The van der Waals surface area contributed by atoms with Crippen LogP contribution in [0.3, 0.4) is 0 Å². The standard InChI is InChI=1S/C35H30N2O7/c38-18-19-43-24-15-9-14-23(20-24)31-35(25-16-7-8-17-26(25)36-34(35)42)27(32(39)40)29-33(41)44-30(22-12-5-2-6-13-22)28(37(29)31)21-10-3-1-4-11-21/h1-17,20,27-31,38H,18-19H2,(H,36,42)(H,39,40)/t27-,28-,29-,30+,31+,35-/m1/s1. The van der Waals surface area contributed by atoms with Gasteiger partial charge in [-0.3, -0.25) is 19.3 Å². The van der Waals surface area contributed by atoms with Gasteiger partial charge in [0.2, 0.25) is 5.91 Å². The van der Waals surface area contributed by atoms with Gasteiger partial charge in [0.15, 0.2) is 0 Å². The molecule has 222 valence electrons. The van der Waals surface area contributed by atoms with Gasteiger partial charge in [-0.15, -0.1) is 0 Å². The molecule has 7 rings (SSSR count). The second kappa shape index (κ2) is 10.9. The van der Waals surface area contributed by atoms with Crippen molar-refractivity contribution in [3.8, 4) is 5.75 Å². The van der Waals surface area contributed by atoms with Crippen LogP contribution in [0.15, 0.2) is 109 Å². The molecule has 0 radical (unpaired) electrons. The monoisotopic (exact) mass is 590 g/mol.